The van der Waals surface area contributed by atoms with Gasteiger partial charge in [-0.15, -0.1) is 11.8 Å². The standard InChI is InChI=1S/C25H24N2O2S/c1-2-25(17-22(26)24(30-25)23(28)18-9-5-3-6-10-18)27-19-13-15-21(16-14-19)29-20-11-7-4-8-12-20/h3-17,24,27H,2,26H2,1H3. The second-order valence-corrected chi connectivity index (χ2v) is 8.62. The van der Waals surface area contributed by atoms with E-state index in [1.54, 1.807) is 11.8 Å². The quantitative estimate of drug-likeness (QED) is 0.474. The molecule has 5 heteroatoms. The summed E-state index contributed by atoms with van der Waals surface area (Å²) in [7, 11) is 0. The maximum absolute atomic E-state index is 12.9. The average molecular weight is 417 g/mol. The number of nitrogens with one attached hydrogen (secondary N) is 1. The Bertz CT molecular complexity index is 1040. The molecule has 3 aromatic carbocycles. The van der Waals surface area contributed by atoms with Crippen molar-refractivity contribution in [3.63, 3.8) is 0 Å². The van der Waals surface area contributed by atoms with Crippen LogP contribution in [0, 0.1) is 0 Å². The molecule has 1 aliphatic heterocycles. The molecule has 3 N–H and O–H groups in total. The highest BCUT2D eigenvalue weighted by molar-refractivity contribution is 8.02. The molecule has 0 aliphatic carbocycles. The third-order valence-corrected chi connectivity index (χ3v) is 6.69. The van der Waals surface area contributed by atoms with Crippen LogP contribution in [0.1, 0.15) is 23.7 Å². The molecule has 0 saturated heterocycles. The molecule has 1 heterocycles. The summed E-state index contributed by atoms with van der Waals surface area (Å²) in [6.07, 6.45) is 2.77. The molecule has 30 heavy (non-hydrogen) atoms. The van der Waals surface area contributed by atoms with E-state index in [2.05, 4.69) is 12.2 Å². The van der Waals surface area contributed by atoms with E-state index in [1.807, 2.05) is 91.0 Å². The fourth-order valence-electron chi connectivity index (χ4n) is 3.43. The molecule has 152 valence electrons. The molecule has 0 spiro atoms. The Morgan fingerprint density at radius 2 is 1.57 bits per heavy atom. The summed E-state index contributed by atoms with van der Waals surface area (Å²) in [5.74, 6) is 1.61. The first-order valence-corrected chi connectivity index (χ1v) is 10.8. The zero-order valence-electron chi connectivity index (χ0n) is 16.7. The molecule has 0 aromatic heterocycles. The zero-order valence-corrected chi connectivity index (χ0v) is 17.6. The predicted molar refractivity (Wildman–Crippen MR) is 124 cm³/mol. The van der Waals surface area contributed by atoms with Gasteiger partial charge in [-0.3, -0.25) is 4.79 Å². The van der Waals surface area contributed by atoms with Gasteiger partial charge in [0.2, 0.25) is 0 Å². The van der Waals surface area contributed by atoms with Gasteiger partial charge in [0.25, 0.3) is 0 Å². The molecule has 0 bridgehead atoms. The van der Waals surface area contributed by atoms with Gasteiger partial charge in [-0.05, 0) is 48.9 Å². The van der Waals surface area contributed by atoms with E-state index in [-0.39, 0.29) is 11.0 Å². The number of hydrogen-bond acceptors (Lipinski definition) is 5. The molecule has 4 nitrogen and oxygen atoms in total. The number of para-hydroxylation sites is 1. The number of Topliss-reactive ketones (excluding diaryl/α,β-unsaturated/α-hetero) is 1. The molecular weight excluding hydrogens is 392 g/mol. The van der Waals surface area contributed by atoms with Crippen LogP contribution in [0.15, 0.2) is 96.7 Å². The van der Waals surface area contributed by atoms with Gasteiger partial charge in [0.1, 0.15) is 21.6 Å². The van der Waals surface area contributed by atoms with E-state index in [4.69, 9.17) is 10.5 Å². The van der Waals surface area contributed by atoms with Gasteiger partial charge in [-0.2, -0.15) is 0 Å². The lowest BCUT2D eigenvalue weighted by Crippen LogP contribution is -2.31. The van der Waals surface area contributed by atoms with Crippen LogP contribution in [0.3, 0.4) is 0 Å². The summed E-state index contributed by atoms with van der Waals surface area (Å²) < 4.78 is 5.86. The van der Waals surface area contributed by atoms with Crippen LogP contribution < -0.4 is 15.8 Å². The summed E-state index contributed by atoms with van der Waals surface area (Å²) in [5.41, 5.74) is 8.52. The molecule has 4 rings (SSSR count). The van der Waals surface area contributed by atoms with Gasteiger partial charge >= 0.3 is 0 Å². The SMILES string of the molecule is CCC1(Nc2ccc(Oc3ccccc3)cc2)C=C(N)C(C(=O)c2ccccc2)S1. The van der Waals surface area contributed by atoms with Crippen molar-refractivity contribution in [2.75, 3.05) is 5.32 Å². The number of anilines is 1. The predicted octanol–water partition coefficient (Wildman–Crippen LogP) is 5.84. The Kier molecular flexibility index (Phi) is 5.81. The Hall–Kier alpha value is -3.18. The first-order valence-electron chi connectivity index (χ1n) is 9.95. The number of rotatable bonds is 7. The molecule has 0 saturated carbocycles. The number of hydrogen-bond donors (Lipinski definition) is 2. The molecule has 0 radical (unpaired) electrons. The van der Waals surface area contributed by atoms with Crippen LogP contribution in [0.4, 0.5) is 5.69 Å². The number of ether oxygens (including phenoxy) is 1. The van der Waals surface area contributed by atoms with E-state index in [9.17, 15) is 4.79 Å². The number of benzene rings is 3. The van der Waals surface area contributed by atoms with Crippen molar-refractivity contribution in [1.82, 2.24) is 0 Å². The Labute approximate surface area is 181 Å². The maximum Gasteiger partial charge on any atom is 0.181 e. The van der Waals surface area contributed by atoms with E-state index < -0.39 is 4.87 Å². The van der Waals surface area contributed by atoms with Gasteiger partial charge in [-0.25, -0.2) is 0 Å². The fourth-order valence-corrected chi connectivity index (χ4v) is 4.85. The van der Waals surface area contributed by atoms with Crippen molar-refractivity contribution in [1.29, 1.82) is 0 Å². The Morgan fingerprint density at radius 3 is 2.20 bits per heavy atom. The highest BCUT2D eigenvalue weighted by Crippen LogP contribution is 2.44. The first kappa shape index (κ1) is 20.1. The third kappa shape index (κ3) is 4.36. The minimum Gasteiger partial charge on any atom is -0.457 e. The molecule has 0 fully saturated rings. The minimum absolute atomic E-state index is 0.0399. The number of thioether (sulfide) groups is 1. The van der Waals surface area contributed by atoms with E-state index in [0.717, 1.165) is 23.6 Å². The fraction of sp³-hybridized carbons (Fsp3) is 0.160. The van der Waals surface area contributed by atoms with Crippen molar-refractivity contribution < 1.29 is 9.53 Å². The van der Waals surface area contributed by atoms with Crippen LogP contribution in [-0.4, -0.2) is 15.9 Å². The summed E-state index contributed by atoms with van der Waals surface area (Å²) in [6.45, 7) is 2.09. The Balaban J connectivity index is 1.47. The number of ketones is 1. The minimum atomic E-state index is -0.430. The molecule has 0 amide bonds. The molecule has 1 aliphatic rings. The van der Waals surface area contributed by atoms with Crippen LogP contribution >= 0.6 is 11.8 Å². The third-order valence-electron chi connectivity index (χ3n) is 5.04. The molecule has 2 unspecified atom stereocenters. The molecular formula is C25H24N2O2S. The second kappa shape index (κ2) is 8.67. The summed E-state index contributed by atoms with van der Waals surface area (Å²) in [5, 5.41) is 3.17. The number of nitrogens with two attached hydrogens (primary N) is 1. The average Bonchev–Trinajstić information content (AvgIpc) is 3.12. The highest BCUT2D eigenvalue weighted by atomic mass is 32.2. The topological polar surface area (TPSA) is 64.3 Å². The van der Waals surface area contributed by atoms with Crippen LogP contribution in [-0.2, 0) is 0 Å². The zero-order chi connectivity index (χ0) is 21.0. The molecule has 3 aromatic rings. The van der Waals surface area contributed by atoms with E-state index in [0.29, 0.717) is 11.3 Å². The monoisotopic (exact) mass is 416 g/mol. The van der Waals surface area contributed by atoms with E-state index >= 15 is 0 Å². The van der Waals surface area contributed by atoms with Gasteiger partial charge in [0.05, 0.1) is 0 Å². The van der Waals surface area contributed by atoms with Crippen molar-refractivity contribution in [2.24, 2.45) is 5.73 Å². The Morgan fingerprint density at radius 1 is 0.967 bits per heavy atom. The number of carbonyl (C=O) groups is 1. The lowest BCUT2D eigenvalue weighted by Gasteiger charge is -2.29. The van der Waals surface area contributed by atoms with Crippen molar-refractivity contribution in [3.05, 3.63) is 102 Å². The van der Waals surface area contributed by atoms with Crippen molar-refractivity contribution in [2.45, 2.75) is 23.5 Å². The largest absolute Gasteiger partial charge is 0.457 e. The normalized spacial score (nSPS) is 20.4. The van der Waals surface area contributed by atoms with Crippen LogP contribution in [0.25, 0.3) is 0 Å². The summed E-state index contributed by atoms with van der Waals surface area (Å²) >= 11 is 1.56. The molecule has 2 atom stereocenters. The summed E-state index contributed by atoms with van der Waals surface area (Å²) in [6, 6.07) is 26.8. The van der Waals surface area contributed by atoms with Crippen molar-refractivity contribution in [3.8, 4) is 11.5 Å². The van der Waals surface area contributed by atoms with Crippen LogP contribution in [0.5, 0.6) is 11.5 Å². The van der Waals surface area contributed by atoms with Gasteiger partial charge < -0.3 is 15.8 Å². The van der Waals surface area contributed by atoms with E-state index in [1.165, 1.54) is 0 Å². The summed E-state index contributed by atoms with van der Waals surface area (Å²) in [4.78, 5) is 12.5. The highest BCUT2D eigenvalue weighted by Gasteiger charge is 2.41. The van der Waals surface area contributed by atoms with Gasteiger partial charge in [0, 0.05) is 16.9 Å². The lowest BCUT2D eigenvalue weighted by atomic mass is 10.0. The lowest BCUT2D eigenvalue weighted by molar-refractivity contribution is 0.0998. The van der Waals surface area contributed by atoms with Crippen molar-refractivity contribution >= 4 is 23.2 Å². The van der Waals surface area contributed by atoms with Gasteiger partial charge in [0.15, 0.2) is 5.78 Å². The van der Waals surface area contributed by atoms with Crippen LogP contribution in [0.2, 0.25) is 0 Å². The number of carbonyl (C=O) groups excluding carboxylic acids is 1. The van der Waals surface area contributed by atoms with Gasteiger partial charge in [-0.1, -0.05) is 55.5 Å². The maximum atomic E-state index is 12.9. The smallest absolute Gasteiger partial charge is 0.181 e. The first-order chi connectivity index (χ1) is 14.6. The second-order valence-electron chi connectivity index (χ2n) is 7.18.